The SMILES string of the molecule is CCN1C(=O)/C(=C/c2ccc(OCc3ccc(C)cc3)c(OC)c2)N(C)C1=S. The topological polar surface area (TPSA) is 42.0 Å². The Balaban J connectivity index is 1.80. The minimum atomic E-state index is -0.0892. The van der Waals surface area contributed by atoms with Crippen LogP contribution in [0.1, 0.15) is 23.6 Å². The Morgan fingerprint density at radius 1 is 1.11 bits per heavy atom. The van der Waals surface area contributed by atoms with Crippen molar-refractivity contribution in [1.29, 1.82) is 0 Å². The molecule has 28 heavy (non-hydrogen) atoms. The average Bonchev–Trinajstić information content (AvgIpc) is 2.90. The van der Waals surface area contributed by atoms with E-state index in [1.165, 1.54) is 5.56 Å². The second kappa shape index (κ2) is 8.44. The molecule has 0 saturated carbocycles. The van der Waals surface area contributed by atoms with Gasteiger partial charge in [-0.2, -0.15) is 0 Å². The predicted octanol–water partition coefficient (Wildman–Crippen LogP) is 4.00. The number of likely N-dealkylation sites (N-methyl/N-ethyl adjacent to an activating group) is 2. The van der Waals surface area contributed by atoms with E-state index in [0.29, 0.717) is 35.5 Å². The van der Waals surface area contributed by atoms with E-state index in [9.17, 15) is 4.79 Å². The van der Waals surface area contributed by atoms with E-state index in [-0.39, 0.29) is 5.91 Å². The molecule has 0 radical (unpaired) electrons. The van der Waals surface area contributed by atoms with Crippen LogP contribution in [0.25, 0.3) is 6.08 Å². The summed E-state index contributed by atoms with van der Waals surface area (Å²) < 4.78 is 11.4. The molecule has 146 valence electrons. The zero-order valence-electron chi connectivity index (χ0n) is 16.6. The summed E-state index contributed by atoms with van der Waals surface area (Å²) in [5.41, 5.74) is 3.69. The van der Waals surface area contributed by atoms with E-state index < -0.39 is 0 Å². The van der Waals surface area contributed by atoms with Gasteiger partial charge in [0.25, 0.3) is 5.91 Å². The molecule has 1 amide bonds. The Morgan fingerprint density at radius 3 is 2.43 bits per heavy atom. The Bertz CT molecular complexity index is 922. The molecule has 1 saturated heterocycles. The van der Waals surface area contributed by atoms with Gasteiger partial charge in [0.1, 0.15) is 12.3 Å². The first-order chi connectivity index (χ1) is 13.4. The van der Waals surface area contributed by atoms with E-state index >= 15 is 0 Å². The van der Waals surface area contributed by atoms with Crippen LogP contribution in [0.2, 0.25) is 0 Å². The summed E-state index contributed by atoms with van der Waals surface area (Å²) in [5.74, 6) is 1.18. The van der Waals surface area contributed by atoms with E-state index in [2.05, 4.69) is 19.1 Å². The third kappa shape index (κ3) is 4.02. The third-order valence-corrected chi connectivity index (χ3v) is 5.16. The van der Waals surface area contributed by atoms with Gasteiger partial charge >= 0.3 is 0 Å². The van der Waals surface area contributed by atoms with Gasteiger partial charge in [-0.05, 0) is 55.4 Å². The van der Waals surface area contributed by atoms with Crippen LogP contribution in [0.5, 0.6) is 11.5 Å². The van der Waals surface area contributed by atoms with Crippen LogP contribution >= 0.6 is 12.2 Å². The summed E-state index contributed by atoms with van der Waals surface area (Å²) in [4.78, 5) is 15.9. The average molecular weight is 397 g/mol. The molecule has 1 aliphatic heterocycles. The Kier molecular flexibility index (Phi) is 5.99. The fraction of sp³-hybridized carbons (Fsp3) is 0.273. The van der Waals surface area contributed by atoms with E-state index in [4.69, 9.17) is 21.7 Å². The Labute approximate surface area is 171 Å². The van der Waals surface area contributed by atoms with Crippen molar-refractivity contribution in [2.24, 2.45) is 0 Å². The smallest absolute Gasteiger partial charge is 0.276 e. The molecule has 3 rings (SSSR count). The molecule has 0 spiro atoms. The van der Waals surface area contributed by atoms with Crippen molar-refractivity contribution in [3.8, 4) is 11.5 Å². The van der Waals surface area contributed by atoms with Gasteiger partial charge in [0, 0.05) is 13.6 Å². The lowest BCUT2D eigenvalue weighted by Gasteiger charge is -2.14. The Hall–Kier alpha value is -2.86. The molecule has 1 heterocycles. The second-order valence-corrected chi connectivity index (χ2v) is 6.97. The second-order valence-electron chi connectivity index (χ2n) is 6.61. The maximum atomic E-state index is 12.5. The standard InChI is InChI=1S/C22H24N2O3S/c1-5-24-21(25)18(23(3)22(24)28)12-17-10-11-19(20(13-17)26-4)27-14-16-8-6-15(2)7-9-16/h6-13H,5,14H2,1-4H3/b18-12-. The highest BCUT2D eigenvalue weighted by atomic mass is 32.1. The van der Waals surface area contributed by atoms with Gasteiger partial charge in [-0.15, -0.1) is 0 Å². The molecule has 0 atom stereocenters. The third-order valence-electron chi connectivity index (χ3n) is 4.67. The first-order valence-electron chi connectivity index (χ1n) is 9.12. The van der Waals surface area contributed by atoms with Crippen molar-refractivity contribution in [2.45, 2.75) is 20.5 Å². The van der Waals surface area contributed by atoms with Gasteiger partial charge in [0.05, 0.1) is 7.11 Å². The molecule has 0 bridgehead atoms. The molecule has 5 nitrogen and oxygen atoms in total. The van der Waals surface area contributed by atoms with Gasteiger partial charge in [0.2, 0.25) is 0 Å². The largest absolute Gasteiger partial charge is 0.493 e. The highest BCUT2D eigenvalue weighted by Gasteiger charge is 2.34. The van der Waals surface area contributed by atoms with Crippen LogP contribution in [0, 0.1) is 6.92 Å². The van der Waals surface area contributed by atoms with Gasteiger partial charge in [-0.25, -0.2) is 0 Å². The number of aryl methyl sites for hydroxylation is 1. The number of amides is 1. The van der Waals surface area contributed by atoms with E-state index in [0.717, 1.165) is 11.1 Å². The van der Waals surface area contributed by atoms with Crippen molar-refractivity contribution < 1.29 is 14.3 Å². The highest BCUT2D eigenvalue weighted by Crippen LogP contribution is 2.31. The van der Waals surface area contributed by atoms with Gasteiger partial charge < -0.3 is 14.4 Å². The molecule has 2 aromatic rings. The number of methoxy groups -OCH3 is 1. The van der Waals surface area contributed by atoms with Crippen LogP contribution in [0.15, 0.2) is 48.2 Å². The molecule has 0 aliphatic carbocycles. The van der Waals surface area contributed by atoms with Crippen molar-refractivity contribution >= 4 is 29.3 Å². The number of hydrogen-bond acceptors (Lipinski definition) is 4. The minimum Gasteiger partial charge on any atom is -0.493 e. The lowest BCUT2D eigenvalue weighted by Crippen LogP contribution is -2.30. The van der Waals surface area contributed by atoms with Crippen LogP contribution < -0.4 is 9.47 Å². The quantitative estimate of drug-likeness (QED) is 0.545. The first-order valence-corrected chi connectivity index (χ1v) is 9.53. The normalized spacial score (nSPS) is 15.5. The van der Waals surface area contributed by atoms with Crippen LogP contribution in [-0.4, -0.2) is 41.5 Å². The molecule has 6 heteroatoms. The van der Waals surface area contributed by atoms with E-state index in [1.807, 2.05) is 43.3 Å². The lowest BCUT2D eigenvalue weighted by molar-refractivity contribution is -0.122. The van der Waals surface area contributed by atoms with Gasteiger partial charge in [-0.3, -0.25) is 9.69 Å². The lowest BCUT2D eigenvalue weighted by atomic mass is 10.1. The Morgan fingerprint density at radius 2 is 1.82 bits per heavy atom. The summed E-state index contributed by atoms with van der Waals surface area (Å²) in [5, 5.41) is 0.517. The van der Waals surface area contributed by atoms with Crippen molar-refractivity contribution in [3.63, 3.8) is 0 Å². The molecular formula is C22H24N2O3S. The molecule has 1 fully saturated rings. The maximum absolute atomic E-state index is 12.5. The van der Waals surface area contributed by atoms with E-state index in [1.54, 1.807) is 24.0 Å². The molecule has 0 aromatic heterocycles. The molecule has 2 aromatic carbocycles. The fourth-order valence-electron chi connectivity index (χ4n) is 2.99. The monoisotopic (exact) mass is 396 g/mol. The number of rotatable bonds is 6. The van der Waals surface area contributed by atoms with Crippen molar-refractivity contribution in [3.05, 3.63) is 64.9 Å². The zero-order chi connectivity index (χ0) is 20.3. The van der Waals surface area contributed by atoms with Gasteiger partial charge in [-0.1, -0.05) is 35.9 Å². The predicted molar refractivity (Wildman–Crippen MR) is 114 cm³/mol. The maximum Gasteiger partial charge on any atom is 0.276 e. The molecule has 0 N–H and O–H groups in total. The number of hydrogen-bond donors (Lipinski definition) is 0. The minimum absolute atomic E-state index is 0.0892. The number of thiocarbonyl (C=S) groups is 1. The van der Waals surface area contributed by atoms with Crippen molar-refractivity contribution in [1.82, 2.24) is 9.80 Å². The summed E-state index contributed by atoms with van der Waals surface area (Å²) in [7, 11) is 3.41. The van der Waals surface area contributed by atoms with Gasteiger partial charge in [0.15, 0.2) is 16.6 Å². The molecular weight excluding hydrogens is 372 g/mol. The number of benzene rings is 2. The van der Waals surface area contributed by atoms with Crippen molar-refractivity contribution in [2.75, 3.05) is 20.7 Å². The van der Waals surface area contributed by atoms with Crippen LogP contribution in [0.3, 0.4) is 0 Å². The summed E-state index contributed by atoms with van der Waals surface area (Å²) in [6, 6.07) is 13.8. The fourth-order valence-corrected chi connectivity index (χ4v) is 3.30. The summed E-state index contributed by atoms with van der Waals surface area (Å²) in [6.07, 6.45) is 1.82. The number of carbonyl (C=O) groups excluding carboxylic acids is 1. The molecule has 0 unspecified atom stereocenters. The number of nitrogens with zero attached hydrogens (tertiary/aromatic N) is 2. The highest BCUT2D eigenvalue weighted by molar-refractivity contribution is 7.80. The first kappa shape index (κ1) is 19.9. The van der Waals surface area contributed by atoms with Crippen LogP contribution in [-0.2, 0) is 11.4 Å². The summed E-state index contributed by atoms with van der Waals surface area (Å²) in [6.45, 7) is 4.97. The zero-order valence-corrected chi connectivity index (χ0v) is 17.4. The summed E-state index contributed by atoms with van der Waals surface area (Å²) >= 11 is 5.34. The number of carbonyl (C=O) groups is 1. The number of ether oxygens (including phenoxy) is 2. The van der Waals surface area contributed by atoms with Crippen LogP contribution in [0.4, 0.5) is 0 Å². The molecule has 1 aliphatic rings.